The van der Waals surface area contributed by atoms with Crippen LogP contribution in [0.25, 0.3) is 21.3 Å². The topological polar surface area (TPSA) is 58.1 Å². The Morgan fingerprint density at radius 1 is 1.11 bits per heavy atom. The summed E-state index contributed by atoms with van der Waals surface area (Å²) in [6, 6.07) is 11.6. The normalized spacial score (nSPS) is 18.1. The Kier molecular flexibility index (Phi) is 7.09. The van der Waals surface area contributed by atoms with Gasteiger partial charge in [-0.25, -0.2) is 4.98 Å². The number of hydrogen-bond donors (Lipinski definition) is 1. The van der Waals surface area contributed by atoms with Gasteiger partial charge in [-0.05, 0) is 67.5 Å². The molecule has 0 spiro atoms. The van der Waals surface area contributed by atoms with Gasteiger partial charge in [-0.15, -0.1) is 11.3 Å². The van der Waals surface area contributed by atoms with Crippen LogP contribution in [-0.2, 0) is 6.18 Å². The van der Waals surface area contributed by atoms with Crippen LogP contribution in [0.3, 0.4) is 0 Å². The highest BCUT2D eigenvalue weighted by Crippen LogP contribution is 2.37. The predicted molar refractivity (Wildman–Crippen MR) is 141 cm³/mol. The lowest BCUT2D eigenvalue weighted by molar-refractivity contribution is -0.140. The molecule has 0 atom stereocenters. The molecule has 0 radical (unpaired) electrons. The number of aromatic nitrogens is 2. The summed E-state index contributed by atoms with van der Waals surface area (Å²) in [4.78, 5) is 23.9. The molecule has 1 saturated carbocycles. The third-order valence-corrected chi connectivity index (χ3v) is 7.96. The molecular formula is C27H24ClF3N4OS. The molecule has 5 nitrogen and oxygen atoms in total. The Bertz CT molecular complexity index is 1420. The molecule has 37 heavy (non-hydrogen) atoms. The maximum atomic E-state index is 13.5. The van der Waals surface area contributed by atoms with Crippen molar-refractivity contribution in [1.29, 1.82) is 0 Å². The fraction of sp³-hybridized carbons (Fsp3) is 0.296. The van der Waals surface area contributed by atoms with Crippen LogP contribution in [0.15, 0.2) is 60.2 Å². The monoisotopic (exact) mass is 544 g/mol. The van der Waals surface area contributed by atoms with Gasteiger partial charge in [0.1, 0.15) is 5.69 Å². The maximum absolute atomic E-state index is 13.5. The molecule has 3 aromatic heterocycles. The van der Waals surface area contributed by atoms with E-state index in [9.17, 15) is 18.0 Å². The van der Waals surface area contributed by atoms with Crippen molar-refractivity contribution in [3.05, 3.63) is 76.5 Å². The average molecular weight is 545 g/mol. The molecule has 1 amide bonds. The lowest BCUT2D eigenvalue weighted by Crippen LogP contribution is -2.43. The lowest BCUT2D eigenvalue weighted by Gasteiger charge is -2.37. The minimum atomic E-state index is -4.55. The van der Waals surface area contributed by atoms with Crippen LogP contribution in [0, 0.1) is 0 Å². The van der Waals surface area contributed by atoms with Gasteiger partial charge < -0.3 is 10.2 Å². The van der Waals surface area contributed by atoms with Gasteiger partial charge in [0.2, 0.25) is 0 Å². The maximum Gasteiger partial charge on any atom is 0.433 e. The third-order valence-electron chi connectivity index (χ3n) is 6.81. The number of benzene rings is 1. The molecule has 1 N–H and O–H groups in total. The van der Waals surface area contributed by atoms with Crippen molar-refractivity contribution in [3.8, 4) is 10.4 Å². The largest absolute Gasteiger partial charge is 0.433 e. The fourth-order valence-corrected chi connectivity index (χ4v) is 5.71. The van der Waals surface area contributed by atoms with E-state index in [0.29, 0.717) is 34.5 Å². The molecule has 5 rings (SSSR count). The van der Waals surface area contributed by atoms with E-state index >= 15 is 0 Å². The summed E-state index contributed by atoms with van der Waals surface area (Å²) in [5, 5.41) is 6.10. The van der Waals surface area contributed by atoms with Crippen LogP contribution in [-0.4, -0.2) is 35.0 Å². The summed E-state index contributed by atoms with van der Waals surface area (Å²) in [6.45, 7) is 0. The summed E-state index contributed by atoms with van der Waals surface area (Å²) < 4.78 is 40.6. The van der Waals surface area contributed by atoms with Gasteiger partial charge in [-0.1, -0.05) is 17.7 Å². The molecule has 1 aliphatic rings. The van der Waals surface area contributed by atoms with Gasteiger partial charge in [0.05, 0.1) is 11.1 Å². The molecule has 4 aromatic rings. The van der Waals surface area contributed by atoms with Gasteiger partial charge in [0.25, 0.3) is 5.91 Å². The highest BCUT2D eigenvalue weighted by Gasteiger charge is 2.35. The van der Waals surface area contributed by atoms with Gasteiger partial charge in [0, 0.05) is 58.1 Å². The lowest BCUT2D eigenvalue weighted by atomic mass is 9.89. The second kappa shape index (κ2) is 10.3. The number of carbonyl (C=O) groups is 1. The molecule has 0 aliphatic heterocycles. The number of pyridine rings is 2. The highest BCUT2D eigenvalue weighted by molar-refractivity contribution is 7.13. The Labute approximate surface area is 221 Å². The Balaban J connectivity index is 1.28. The number of nitrogens with zero attached hydrogens (tertiary/aromatic N) is 3. The first kappa shape index (κ1) is 25.5. The van der Waals surface area contributed by atoms with E-state index in [1.165, 1.54) is 6.07 Å². The summed E-state index contributed by atoms with van der Waals surface area (Å²) in [5.74, 6) is -0.174. The summed E-state index contributed by atoms with van der Waals surface area (Å²) >= 11 is 7.74. The van der Waals surface area contributed by atoms with Crippen molar-refractivity contribution in [2.24, 2.45) is 0 Å². The molecule has 1 aromatic carbocycles. The van der Waals surface area contributed by atoms with Crippen molar-refractivity contribution in [3.63, 3.8) is 0 Å². The van der Waals surface area contributed by atoms with E-state index in [0.717, 1.165) is 29.3 Å². The van der Waals surface area contributed by atoms with Crippen molar-refractivity contribution in [1.82, 2.24) is 15.3 Å². The van der Waals surface area contributed by atoms with Crippen molar-refractivity contribution < 1.29 is 18.0 Å². The molecule has 1 fully saturated rings. The second-order valence-corrected chi connectivity index (χ2v) is 10.6. The standard InChI is InChI=1S/C27H24ClF3N4OS/c1-35(23-13-25(27(29,30)31)34-22-9-4-18(28)12-21(22)23)20-7-5-19(6-8-20)33-26(36)17-11-16(14-32-15-17)24-3-2-10-37-24/h2-4,9-15,19-20H,5-8H2,1H3,(H,33,36)/t19-,20+. The number of hydrogen-bond acceptors (Lipinski definition) is 5. The van der Waals surface area contributed by atoms with Crippen LogP contribution in [0.2, 0.25) is 5.02 Å². The predicted octanol–water partition coefficient (Wildman–Crippen LogP) is 7.21. The zero-order chi connectivity index (χ0) is 26.2. The Morgan fingerprint density at radius 2 is 1.89 bits per heavy atom. The van der Waals surface area contributed by atoms with Gasteiger partial charge in [0.15, 0.2) is 0 Å². The van der Waals surface area contributed by atoms with Crippen LogP contribution < -0.4 is 10.2 Å². The first-order chi connectivity index (χ1) is 17.7. The van der Waals surface area contributed by atoms with Crippen molar-refractivity contribution in [2.75, 3.05) is 11.9 Å². The first-order valence-electron chi connectivity index (χ1n) is 11.9. The van der Waals surface area contributed by atoms with Gasteiger partial charge >= 0.3 is 6.18 Å². The molecule has 10 heteroatoms. The average Bonchev–Trinajstić information content (AvgIpc) is 3.43. The van der Waals surface area contributed by atoms with Crippen LogP contribution in [0.4, 0.5) is 18.9 Å². The number of nitrogens with one attached hydrogen (secondary N) is 1. The number of thiophene rings is 1. The molecule has 3 heterocycles. The molecule has 1 aliphatic carbocycles. The molecule has 192 valence electrons. The van der Waals surface area contributed by atoms with Crippen LogP contribution in [0.1, 0.15) is 41.7 Å². The van der Waals surface area contributed by atoms with E-state index in [2.05, 4.69) is 15.3 Å². The second-order valence-electron chi connectivity index (χ2n) is 9.22. The molecular weight excluding hydrogens is 521 g/mol. The smallest absolute Gasteiger partial charge is 0.371 e. The summed E-state index contributed by atoms with van der Waals surface area (Å²) in [6.07, 6.45) is 1.62. The number of halogens is 4. The molecule has 0 saturated heterocycles. The zero-order valence-electron chi connectivity index (χ0n) is 19.9. The van der Waals surface area contributed by atoms with Crippen molar-refractivity contribution >= 4 is 45.4 Å². The van der Waals surface area contributed by atoms with E-state index in [1.54, 1.807) is 42.9 Å². The number of rotatable bonds is 5. The van der Waals surface area contributed by atoms with Crippen LogP contribution in [0.5, 0.6) is 0 Å². The zero-order valence-corrected chi connectivity index (χ0v) is 21.5. The number of alkyl halides is 3. The Morgan fingerprint density at radius 3 is 2.59 bits per heavy atom. The minimum Gasteiger partial charge on any atom is -0.371 e. The van der Waals surface area contributed by atoms with E-state index in [-0.39, 0.29) is 23.5 Å². The van der Waals surface area contributed by atoms with Crippen molar-refractivity contribution in [2.45, 2.75) is 43.9 Å². The highest BCUT2D eigenvalue weighted by atomic mass is 35.5. The quantitative estimate of drug-likeness (QED) is 0.288. The number of carbonyl (C=O) groups excluding carboxylic acids is 1. The van der Waals surface area contributed by atoms with Crippen LogP contribution >= 0.6 is 22.9 Å². The first-order valence-corrected chi connectivity index (χ1v) is 13.1. The number of amides is 1. The van der Waals surface area contributed by atoms with E-state index in [4.69, 9.17) is 11.6 Å². The minimum absolute atomic E-state index is 0.0163. The van der Waals surface area contributed by atoms with Gasteiger partial charge in [-0.3, -0.25) is 9.78 Å². The molecule has 0 unspecified atom stereocenters. The summed E-state index contributed by atoms with van der Waals surface area (Å²) in [5.41, 5.74) is 1.17. The summed E-state index contributed by atoms with van der Waals surface area (Å²) in [7, 11) is 1.81. The number of anilines is 1. The van der Waals surface area contributed by atoms with E-state index in [1.807, 2.05) is 28.5 Å². The fourth-order valence-electron chi connectivity index (χ4n) is 4.83. The Hall–Kier alpha value is -3.17. The number of fused-ring (bicyclic) bond motifs is 1. The SMILES string of the molecule is CN(c1cc(C(F)(F)F)nc2ccc(Cl)cc12)[C@H]1CC[C@@H](NC(=O)c2cncc(-c3cccs3)c2)CC1. The van der Waals surface area contributed by atoms with Gasteiger partial charge in [-0.2, -0.15) is 13.2 Å². The molecule has 0 bridgehead atoms. The van der Waals surface area contributed by atoms with E-state index < -0.39 is 11.9 Å². The third kappa shape index (κ3) is 5.57.